The van der Waals surface area contributed by atoms with Crippen molar-refractivity contribution in [2.75, 3.05) is 30.0 Å². The Bertz CT molecular complexity index is 363. The van der Waals surface area contributed by atoms with E-state index in [1.807, 2.05) is 13.8 Å². The number of hydrogen-bond acceptors (Lipinski definition) is 5. The summed E-state index contributed by atoms with van der Waals surface area (Å²) in [6.07, 6.45) is 0.842. The highest BCUT2D eigenvalue weighted by Crippen LogP contribution is 2.18. The lowest BCUT2D eigenvalue weighted by Gasteiger charge is -2.08. The third-order valence-electron chi connectivity index (χ3n) is 2.25. The largest absolute Gasteiger partial charge is 0.396 e. The first-order valence-electron chi connectivity index (χ1n) is 5.58. The second-order valence-corrected chi connectivity index (χ2v) is 5.23. The van der Waals surface area contributed by atoms with Gasteiger partial charge in [0.15, 0.2) is 11.0 Å². The van der Waals surface area contributed by atoms with E-state index in [0.717, 1.165) is 35.9 Å². The summed E-state index contributed by atoms with van der Waals surface area (Å²) in [5.41, 5.74) is 1.75. The van der Waals surface area contributed by atoms with Gasteiger partial charge in [-0.1, -0.05) is 11.6 Å². The summed E-state index contributed by atoms with van der Waals surface area (Å²) in [6, 6.07) is 0. The van der Waals surface area contributed by atoms with E-state index in [0.29, 0.717) is 11.0 Å². The predicted molar refractivity (Wildman–Crippen MR) is 74.0 cm³/mol. The molecule has 0 spiro atoms. The van der Waals surface area contributed by atoms with E-state index in [1.54, 1.807) is 11.8 Å². The van der Waals surface area contributed by atoms with Crippen LogP contribution in [0.15, 0.2) is 0 Å². The summed E-state index contributed by atoms with van der Waals surface area (Å²) in [5, 5.41) is 12.2. The van der Waals surface area contributed by atoms with Gasteiger partial charge in [0, 0.05) is 18.9 Å². The normalized spacial score (nSPS) is 10.6. The SMILES string of the molecule is Cc1nc(Cl)c(NCCSCCCO)nc1C. The monoisotopic (exact) mass is 275 g/mol. The minimum absolute atomic E-state index is 0.259. The zero-order chi connectivity index (χ0) is 12.7. The van der Waals surface area contributed by atoms with Gasteiger partial charge in [-0.05, 0) is 26.0 Å². The van der Waals surface area contributed by atoms with E-state index in [9.17, 15) is 0 Å². The zero-order valence-electron chi connectivity index (χ0n) is 10.2. The fourth-order valence-electron chi connectivity index (χ4n) is 1.20. The van der Waals surface area contributed by atoms with Crippen molar-refractivity contribution in [3.63, 3.8) is 0 Å². The van der Waals surface area contributed by atoms with Gasteiger partial charge >= 0.3 is 0 Å². The molecule has 1 aromatic heterocycles. The van der Waals surface area contributed by atoms with Gasteiger partial charge in [-0.3, -0.25) is 0 Å². The summed E-state index contributed by atoms with van der Waals surface area (Å²) in [7, 11) is 0. The van der Waals surface area contributed by atoms with Crippen LogP contribution in [0.25, 0.3) is 0 Å². The molecule has 0 saturated carbocycles. The molecule has 4 nitrogen and oxygen atoms in total. The third-order valence-corrected chi connectivity index (χ3v) is 3.58. The number of anilines is 1. The number of thioether (sulfide) groups is 1. The highest BCUT2D eigenvalue weighted by atomic mass is 35.5. The highest BCUT2D eigenvalue weighted by Gasteiger charge is 2.05. The fraction of sp³-hybridized carbons (Fsp3) is 0.636. The number of aliphatic hydroxyl groups is 1. The van der Waals surface area contributed by atoms with Gasteiger partial charge in [-0.15, -0.1) is 0 Å². The van der Waals surface area contributed by atoms with Gasteiger partial charge in [-0.25, -0.2) is 9.97 Å². The molecule has 0 unspecified atom stereocenters. The van der Waals surface area contributed by atoms with Crippen molar-refractivity contribution in [1.29, 1.82) is 0 Å². The molecule has 0 fully saturated rings. The first-order valence-corrected chi connectivity index (χ1v) is 7.11. The Morgan fingerprint density at radius 3 is 2.65 bits per heavy atom. The van der Waals surface area contributed by atoms with Crippen LogP contribution >= 0.6 is 23.4 Å². The van der Waals surface area contributed by atoms with Gasteiger partial charge in [0.25, 0.3) is 0 Å². The Hall–Kier alpha value is -0.520. The lowest BCUT2D eigenvalue weighted by atomic mass is 10.3. The van der Waals surface area contributed by atoms with Crippen LogP contribution in [0.5, 0.6) is 0 Å². The maximum Gasteiger partial charge on any atom is 0.171 e. The van der Waals surface area contributed by atoms with Crippen LogP contribution in [-0.4, -0.2) is 39.7 Å². The molecule has 1 aromatic rings. The van der Waals surface area contributed by atoms with Crippen LogP contribution in [0, 0.1) is 13.8 Å². The Balaban J connectivity index is 2.34. The molecule has 1 heterocycles. The van der Waals surface area contributed by atoms with Crippen LogP contribution in [0.2, 0.25) is 5.15 Å². The molecular formula is C11H18ClN3OS. The number of aliphatic hydroxyl groups excluding tert-OH is 1. The maximum atomic E-state index is 8.63. The number of aromatic nitrogens is 2. The van der Waals surface area contributed by atoms with E-state index < -0.39 is 0 Å². The lowest BCUT2D eigenvalue weighted by molar-refractivity contribution is 0.296. The summed E-state index contributed by atoms with van der Waals surface area (Å²) in [5.74, 6) is 2.59. The molecule has 0 aliphatic heterocycles. The lowest BCUT2D eigenvalue weighted by Crippen LogP contribution is -2.09. The van der Waals surface area contributed by atoms with Crippen molar-refractivity contribution < 1.29 is 5.11 Å². The van der Waals surface area contributed by atoms with Crippen molar-refractivity contribution in [1.82, 2.24) is 9.97 Å². The van der Waals surface area contributed by atoms with Crippen LogP contribution in [0.4, 0.5) is 5.82 Å². The Morgan fingerprint density at radius 1 is 1.24 bits per heavy atom. The quantitative estimate of drug-likeness (QED) is 0.748. The zero-order valence-corrected chi connectivity index (χ0v) is 11.7. The number of aryl methyl sites for hydroxylation is 2. The molecule has 0 saturated heterocycles. The highest BCUT2D eigenvalue weighted by molar-refractivity contribution is 7.99. The molecule has 2 N–H and O–H groups in total. The molecule has 96 valence electrons. The standard InChI is InChI=1S/C11H18ClN3OS/c1-8-9(2)15-11(10(12)14-8)13-4-7-17-6-3-5-16/h16H,3-7H2,1-2H3,(H,13,15). The topological polar surface area (TPSA) is 58.0 Å². The molecule has 0 radical (unpaired) electrons. The Kier molecular flexibility index (Phi) is 6.62. The fourth-order valence-corrected chi connectivity index (χ4v) is 2.22. The van der Waals surface area contributed by atoms with E-state index in [-0.39, 0.29) is 6.61 Å². The van der Waals surface area contributed by atoms with Crippen LogP contribution in [0.3, 0.4) is 0 Å². The molecule has 0 aromatic carbocycles. The predicted octanol–water partition coefficient (Wildman–Crippen LogP) is 2.27. The number of halogens is 1. The Morgan fingerprint density at radius 2 is 1.94 bits per heavy atom. The molecule has 0 amide bonds. The van der Waals surface area contributed by atoms with Gasteiger partial charge in [0.1, 0.15) is 0 Å². The van der Waals surface area contributed by atoms with Gasteiger partial charge in [0.2, 0.25) is 0 Å². The molecule has 6 heteroatoms. The minimum Gasteiger partial charge on any atom is -0.396 e. The van der Waals surface area contributed by atoms with Gasteiger partial charge in [0.05, 0.1) is 11.4 Å². The average molecular weight is 276 g/mol. The summed E-state index contributed by atoms with van der Waals surface area (Å²) >= 11 is 7.78. The second-order valence-electron chi connectivity index (χ2n) is 3.65. The second kappa shape index (κ2) is 7.74. The molecular weight excluding hydrogens is 258 g/mol. The van der Waals surface area contributed by atoms with E-state index in [4.69, 9.17) is 16.7 Å². The number of rotatable bonds is 7. The number of hydrogen-bond donors (Lipinski definition) is 2. The van der Waals surface area contributed by atoms with E-state index in [1.165, 1.54) is 0 Å². The smallest absolute Gasteiger partial charge is 0.171 e. The maximum absolute atomic E-state index is 8.63. The summed E-state index contributed by atoms with van der Waals surface area (Å²) < 4.78 is 0. The molecule has 17 heavy (non-hydrogen) atoms. The number of nitrogens with one attached hydrogen (secondary N) is 1. The summed E-state index contributed by atoms with van der Waals surface area (Å²) in [6.45, 7) is 4.87. The van der Waals surface area contributed by atoms with Crippen molar-refractivity contribution in [3.8, 4) is 0 Å². The van der Waals surface area contributed by atoms with Gasteiger partial charge < -0.3 is 10.4 Å². The molecule has 0 bridgehead atoms. The Labute approximate surface area is 111 Å². The molecule has 0 aliphatic carbocycles. The minimum atomic E-state index is 0.259. The summed E-state index contributed by atoms with van der Waals surface area (Å²) in [4.78, 5) is 8.55. The van der Waals surface area contributed by atoms with Crippen molar-refractivity contribution >= 4 is 29.2 Å². The average Bonchev–Trinajstić information content (AvgIpc) is 2.30. The van der Waals surface area contributed by atoms with E-state index in [2.05, 4.69) is 15.3 Å². The van der Waals surface area contributed by atoms with Gasteiger partial charge in [-0.2, -0.15) is 11.8 Å². The number of nitrogens with zero attached hydrogens (tertiary/aromatic N) is 2. The van der Waals surface area contributed by atoms with Crippen LogP contribution in [0.1, 0.15) is 17.8 Å². The molecule has 0 aliphatic rings. The molecule has 0 atom stereocenters. The van der Waals surface area contributed by atoms with Crippen LogP contribution < -0.4 is 5.32 Å². The van der Waals surface area contributed by atoms with Crippen molar-refractivity contribution in [2.24, 2.45) is 0 Å². The van der Waals surface area contributed by atoms with E-state index >= 15 is 0 Å². The molecule has 1 rings (SSSR count). The first kappa shape index (κ1) is 14.5. The first-order chi connectivity index (χ1) is 8.15. The third kappa shape index (κ3) is 5.10. The van der Waals surface area contributed by atoms with Crippen molar-refractivity contribution in [2.45, 2.75) is 20.3 Å². The van der Waals surface area contributed by atoms with Crippen molar-refractivity contribution in [3.05, 3.63) is 16.5 Å². The van der Waals surface area contributed by atoms with Crippen LogP contribution in [-0.2, 0) is 0 Å².